The number of rotatable bonds is 9. The molecule has 180 valence electrons. The monoisotopic (exact) mass is 485 g/mol. The Kier molecular flexibility index (Phi) is 7.98. The largest absolute Gasteiger partial charge is 0.325 e. The zero-order chi connectivity index (χ0) is 24.8. The number of nitrogens with zero attached hydrogens (tertiary/aromatic N) is 4. The van der Waals surface area contributed by atoms with E-state index in [9.17, 15) is 4.79 Å². The van der Waals surface area contributed by atoms with E-state index in [1.165, 1.54) is 11.8 Å². The molecular weight excluding hydrogens is 454 g/mol. The van der Waals surface area contributed by atoms with Crippen LogP contribution < -0.4 is 5.32 Å². The Labute approximate surface area is 211 Å². The van der Waals surface area contributed by atoms with Gasteiger partial charge in [0, 0.05) is 23.6 Å². The molecule has 6 nitrogen and oxygen atoms in total. The first-order valence-corrected chi connectivity index (χ1v) is 12.9. The maximum absolute atomic E-state index is 13.1. The summed E-state index contributed by atoms with van der Waals surface area (Å²) in [6.07, 6.45) is 3.49. The summed E-state index contributed by atoms with van der Waals surface area (Å²) in [7, 11) is 0. The molecule has 2 heterocycles. The van der Waals surface area contributed by atoms with Crippen molar-refractivity contribution in [3.63, 3.8) is 0 Å². The molecule has 4 aromatic rings. The second-order valence-electron chi connectivity index (χ2n) is 9.07. The van der Waals surface area contributed by atoms with Crippen molar-refractivity contribution in [2.45, 2.75) is 51.2 Å². The Morgan fingerprint density at radius 3 is 2.17 bits per heavy atom. The number of hydrogen-bond acceptors (Lipinski definition) is 5. The predicted octanol–water partition coefficient (Wildman–Crippen LogP) is 6.37. The van der Waals surface area contributed by atoms with Gasteiger partial charge in [0.1, 0.15) is 0 Å². The number of anilines is 1. The number of hydrogen-bond donors (Lipinski definition) is 1. The number of carbonyl (C=O) groups is 1. The molecular formula is C28H31N5OS. The number of aromatic nitrogens is 4. The van der Waals surface area contributed by atoms with Crippen LogP contribution in [0.2, 0.25) is 0 Å². The van der Waals surface area contributed by atoms with Crippen molar-refractivity contribution in [1.82, 2.24) is 19.7 Å². The van der Waals surface area contributed by atoms with Crippen LogP contribution in [0.1, 0.15) is 56.2 Å². The van der Waals surface area contributed by atoms with Crippen molar-refractivity contribution in [3.8, 4) is 11.4 Å². The van der Waals surface area contributed by atoms with Crippen molar-refractivity contribution in [2.24, 2.45) is 0 Å². The number of para-hydroxylation sites is 1. The fraction of sp³-hybridized carbons (Fsp3) is 0.286. The molecule has 2 aromatic carbocycles. The van der Waals surface area contributed by atoms with E-state index in [0.29, 0.717) is 23.5 Å². The molecule has 0 bridgehead atoms. The molecule has 0 unspecified atom stereocenters. The summed E-state index contributed by atoms with van der Waals surface area (Å²) in [5.74, 6) is 1.57. The van der Waals surface area contributed by atoms with Gasteiger partial charge in [-0.25, -0.2) is 0 Å². The SMILES string of the molecule is CC(C)c1cccc(C(C)C)c1NC(=O)CSc1nnc(-c2ccncc2)n1Cc1ccccc1. The molecule has 7 heteroatoms. The Morgan fingerprint density at radius 2 is 1.54 bits per heavy atom. The van der Waals surface area contributed by atoms with Crippen molar-refractivity contribution in [3.05, 3.63) is 89.7 Å². The Balaban J connectivity index is 1.57. The highest BCUT2D eigenvalue weighted by Crippen LogP contribution is 2.33. The molecule has 0 spiro atoms. The number of carbonyl (C=O) groups excluding carboxylic acids is 1. The van der Waals surface area contributed by atoms with Crippen LogP contribution in [0.4, 0.5) is 5.69 Å². The summed E-state index contributed by atoms with van der Waals surface area (Å²) in [5.41, 5.74) is 5.32. The summed E-state index contributed by atoms with van der Waals surface area (Å²) < 4.78 is 2.06. The quantitative estimate of drug-likeness (QED) is 0.279. The van der Waals surface area contributed by atoms with E-state index in [1.54, 1.807) is 12.4 Å². The van der Waals surface area contributed by atoms with Gasteiger partial charge in [0.25, 0.3) is 0 Å². The third-order valence-corrected chi connectivity index (χ3v) is 6.78. The van der Waals surface area contributed by atoms with Crippen molar-refractivity contribution in [2.75, 3.05) is 11.1 Å². The molecule has 35 heavy (non-hydrogen) atoms. The van der Waals surface area contributed by atoms with Gasteiger partial charge in [-0.1, -0.05) is 88.0 Å². The lowest BCUT2D eigenvalue weighted by molar-refractivity contribution is -0.113. The van der Waals surface area contributed by atoms with Crippen molar-refractivity contribution in [1.29, 1.82) is 0 Å². The molecule has 0 aliphatic rings. The lowest BCUT2D eigenvalue weighted by Gasteiger charge is -2.20. The number of amides is 1. The van der Waals surface area contributed by atoms with Gasteiger partial charge >= 0.3 is 0 Å². The van der Waals surface area contributed by atoms with Crippen molar-refractivity contribution >= 4 is 23.4 Å². The summed E-state index contributed by atoms with van der Waals surface area (Å²) >= 11 is 1.40. The van der Waals surface area contributed by atoms with Gasteiger partial charge in [0.05, 0.1) is 12.3 Å². The van der Waals surface area contributed by atoms with Gasteiger partial charge in [-0.3, -0.25) is 14.3 Å². The minimum absolute atomic E-state index is 0.0512. The Hall–Kier alpha value is -3.45. The highest BCUT2D eigenvalue weighted by atomic mass is 32.2. The zero-order valence-electron chi connectivity index (χ0n) is 20.6. The summed E-state index contributed by atoms with van der Waals surface area (Å²) in [6, 6.07) is 20.3. The number of pyridine rings is 1. The number of benzene rings is 2. The summed E-state index contributed by atoms with van der Waals surface area (Å²) in [6.45, 7) is 9.21. The molecule has 2 aromatic heterocycles. The lowest BCUT2D eigenvalue weighted by atomic mass is 9.92. The fourth-order valence-corrected chi connectivity index (χ4v) is 4.76. The standard InChI is InChI=1S/C28H31N5OS/c1-19(2)23-11-8-12-24(20(3)4)26(23)30-25(34)18-35-28-32-31-27(22-13-15-29-16-14-22)33(28)17-21-9-6-5-7-10-21/h5-16,19-20H,17-18H2,1-4H3,(H,30,34). The highest BCUT2D eigenvalue weighted by molar-refractivity contribution is 7.99. The molecule has 4 rings (SSSR count). The van der Waals surface area contributed by atoms with E-state index in [0.717, 1.165) is 33.8 Å². The van der Waals surface area contributed by atoms with Gasteiger partial charge in [0.15, 0.2) is 11.0 Å². The van der Waals surface area contributed by atoms with Gasteiger partial charge in [0.2, 0.25) is 5.91 Å². The van der Waals surface area contributed by atoms with E-state index >= 15 is 0 Å². The predicted molar refractivity (Wildman–Crippen MR) is 143 cm³/mol. The van der Waals surface area contributed by atoms with E-state index in [2.05, 4.69) is 83.1 Å². The van der Waals surface area contributed by atoms with Gasteiger partial charge < -0.3 is 5.32 Å². The first-order valence-electron chi connectivity index (χ1n) is 11.9. The van der Waals surface area contributed by atoms with Gasteiger partial charge in [-0.05, 0) is 40.7 Å². The van der Waals surface area contributed by atoms with Crippen LogP contribution in [0.25, 0.3) is 11.4 Å². The van der Waals surface area contributed by atoms with E-state index in [-0.39, 0.29) is 11.7 Å². The molecule has 0 fully saturated rings. The smallest absolute Gasteiger partial charge is 0.234 e. The summed E-state index contributed by atoms with van der Waals surface area (Å²) in [5, 5.41) is 12.8. The second kappa shape index (κ2) is 11.3. The highest BCUT2D eigenvalue weighted by Gasteiger charge is 2.19. The third kappa shape index (κ3) is 5.98. The zero-order valence-corrected chi connectivity index (χ0v) is 21.4. The van der Waals surface area contributed by atoms with Gasteiger partial charge in [-0.15, -0.1) is 10.2 Å². The Bertz CT molecular complexity index is 1240. The molecule has 1 N–H and O–H groups in total. The van der Waals surface area contributed by atoms with E-state index in [4.69, 9.17) is 0 Å². The molecule has 0 aliphatic carbocycles. The number of thioether (sulfide) groups is 1. The molecule has 0 radical (unpaired) electrons. The maximum Gasteiger partial charge on any atom is 0.234 e. The topological polar surface area (TPSA) is 72.7 Å². The maximum atomic E-state index is 13.1. The van der Waals surface area contributed by atoms with Crippen LogP contribution in [-0.4, -0.2) is 31.4 Å². The minimum Gasteiger partial charge on any atom is -0.325 e. The molecule has 0 aliphatic heterocycles. The van der Waals surface area contributed by atoms with Crippen molar-refractivity contribution < 1.29 is 4.79 Å². The molecule has 1 amide bonds. The van der Waals surface area contributed by atoms with Crippen LogP contribution in [0.5, 0.6) is 0 Å². The van der Waals surface area contributed by atoms with E-state index in [1.807, 2.05) is 30.3 Å². The Morgan fingerprint density at radius 1 is 0.886 bits per heavy atom. The first-order chi connectivity index (χ1) is 16.9. The minimum atomic E-state index is -0.0512. The second-order valence-corrected chi connectivity index (χ2v) is 10.0. The lowest BCUT2D eigenvalue weighted by Crippen LogP contribution is -2.18. The van der Waals surface area contributed by atoms with Crippen LogP contribution in [0.15, 0.2) is 78.2 Å². The van der Waals surface area contributed by atoms with E-state index < -0.39 is 0 Å². The van der Waals surface area contributed by atoms with Crippen LogP contribution >= 0.6 is 11.8 Å². The number of nitrogens with one attached hydrogen (secondary N) is 1. The first kappa shape index (κ1) is 24.7. The average molecular weight is 486 g/mol. The average Bonchev–Trinajstić information content (AvgIpc) is 3.26. The molecule has 0 saturated carbocycles. The van der Waals surface area contributed by atoms with Crippen LogP contribution in [-0.2, 0) is 11.3 Å². The third-order valence-electron chi connectivity index (χ3n) is 5.81. The van der Waals surface area contributed by atoms with Crippen LogP contribution in [0, 0.1) is 0 Å². The molecule has 0 saturated heterocycles. The van der Waals surface area contributed by atoms with Crippen LogP contribution in [0.3, 0.4) is 0 Å². The summed E-state index contributed by atoms with van der Waals surface area (Å²) in [4.78, 5) is 17.2. The van der Waals surface area contributed by atoms with Gasteiger partial charge in [-0.2, -0.15) is 0 Å². The molecule has 0 atom stereocenters. The normalized spacial score (nSPS) is 11.3. The fourth-order valence-electron chi connectivity index (χ4n) is 4.02.